The molecular formula is C29H27Cl4N5O2. The number of hydrogen-bond acceptors (Lipinski definition) is 6. The number of amides is 1. The third-order valence-electron chi connectivity index (χ3n) is 6.95. The van der Waals surface area contributed by atoms with Crippen LogP contribution in [0.5, 0.6) is 0 Å². The molecule has 1 saturated heterocycles. The van der Waals surface area contributed by atoms with E-state index in [-0.39, 0.29) is 6.54 Å². The number of pyridine rings is 1. The first-order valence-corrected chi connectivity index (χ1v) is 14.5. The van der Waals surface area contributed by atoms with Crippen LogP contribution in [0.2, 0.25) is 10.0 Å². The van der Waals surface area contributed by atoms with Gasteiger partial charge in [0.1, 0.15) is 11.4 Å². The summed E-state index contributed by atoms with van der Waals surface area (Å²) in [5.74, 6) is -0.0533. The number of aromatic nitrogens is 2. The fourth-order valence-electron chi connectivity index (χ4n) is 4.71. The molecular weight excluding hydrogens is 592 g/mol. The van der Waals surface area contributed by atoms with Crippen LogP contribution in [0.25, 0.3) is 22.7 Å². The Morgan fingerprint density at radius 2 is 1.68 bits per heavy atom. The number of rotatable bonds is 8. The van der Waals surface area contributed by atoms with E-state index < -0.39 is 10.7 Å². The van der Waals surface area contributed by atoms with Crippen LogP contribution >= 0.6 is 46.4 Å². The van der Waals surface area contributed by atoms with Crippen molar-refractivity contribution in [3.63, 3.8) is 0 Å². The van der Waals surface area contributed by atoms with Gasteiger partial charge in [-0.15, -0.1) is 0 Å². The molecule has 40 heavy (non-hydrogen) atoms. The monoisotopic (exact) mass is 617 g/mol. The van der Waals surface area contributed by atoms with Gasteiger partial charge in [-0.05, 0) is 48.5 Å². The summed E-state index contributed by atoms with van der Waals surface area (Å²) in [6.45, 7) is 7.62. The number of likely N-dealkylation sites (N-methyl/N-ethyl adjacent to an activating group) is 1. The predicted molar refractivity (Wildman–Crippen MR) is 163 cm³/mol. The maximum atomic E-state index is 13.1. The first-order chi connectivity index (χ1) is 19.3. The SMILES string of the molecule is CCN1CCN(c2ccc(CN(C(=O)C(Cl)Cl)c3ccnc(-c4cc(-c5c(Cl)cccc5Cl)no4)c3)cc2)CC1. The van der Waals surface area contributed by atoms with Crippen molar-refractivity contribution in [2.45, 2.75) is 18.3 Å². The van der Waals surface area contributed by atoms with Crippen molar-refractivity contribution < 1.29 is 9.32 Å². The van der Waals surface area contributed by atoms with Crippen LogP contribution in [0.15, 0.2) is 71.4 Å². The van der Waals surface area contributed by atoms with Gasteiger partial charge < -0.3 is 19.2 Å². The van der Waals surface area contributed by atoms with Gasteiger partial charge in [0.2, 0.25) is 0 Å². The molecule has 2 aromatic heterocycles. The van der Waals surface area contributed by atoms with Crippen molar-refractivity contribution in [2.75, 3.05) is 42.5 Å². The van der Waals surface area contributed by atoms with Crippen LogP contribution in [0.1, 0.15) is 12.5 Å². The van der Waals surface area contributed by atoms with Gasteiger partial charge in [0, 0.05) is 55.4 Å². The second-order valence-electron chi connectivity index (χ2n) is 9.39. The molecule has 0 saturated carbocycles. The zero-order valence-corrected chi connectivity index (χ0v) is 24.8. The standard InChI is InChI=1S/C29H27Cl4N5O2/c1-2-36-12-14-37(15-13-36)20-8-6-19(7-9-20)18-38(29(39)28(32)33)21-10-11-34-24(16-21)26-17-25(35-40-26)27-22(30)4-3-5-23(27)31/h3-11,16-17,28H,2,12-15,18H2,1H3. The molecule has 11 heteroatoms. The average molecular weight is 619 g/mol. The highest BCUT2D eigenvalue weighted by Crippen LogP contribution is 2.36. The Hall–Kier alpha value is -2.81. The Balaban J connectivity index is 1.38. The number of carbonyl (C=O) groups is 1. The predicted octanol–water partition coefficient (Wildman–Crippen LogP) is 7.19. The number of hydrogen-bond donors (Lipinski definition) is 0. The van der Waals surface area contributed by atoms with E-state index in [9.17, 15) is 4.79 Å². The van der Waals surface area contributed by atoms with Gasteiger partial charge >= 0.3 is 0 Å². The summed E-state index contributed by atoms with van der Waals surface area (Å²) in [6.07, 6.45) is 1.59. The summed E-state index contributed by atoms with van der Waals surface area (Å²) in [6, 6.07) is 18.6. The number of alkyl halides is 2. The average Bonchev–Trinajstić information content (AvgIpc) is 3.46. The molecule has 0 N–H and O–H groups in total. The maximum Gasteiger partial charge on any atom is 0.260 e. The number of anilines is 2. The second kappa shape index (κ2) is 12.8. The summed E-state index contributed by atoms with van der Waals surface area (Å²) in [7, 11) is 0. The molecule has 0 radical (unpaired) electrons. The molecule has 1 fully saturated rings. The fourth-order valence-corrected chi connectivity index (χ4v) is 5.54. The van der Waals surface area contributed by atoms with Crippen molar-refractivity contribution >= 4 is 63.7 Å². The highest BCUT2D eigenvalue weighted by Gasteiger charge is 2.24. The number of nitrogens with zero attached hydrogens (tertiary/aromatic N) is 5. The Bertz CT molecular complexity index is 1450. The van der Waals surface area contributed by atoms with E-state index >= 15 is 0 Å². The minimum absolute atomic E-state index is 0.277. The Kier molecular flexibility index (Phi) is 9.18. The van der Waals surface area contributed by atoms with E-state index in [4.69, 9.17) is 50.9 Å². The van der Waals surface area contributed by atoms with E-state index in [0.29, 0.717) is 38.4 Å². The number of halogens is 4. The van der Waals surface area contributed by atoms with Crippen molar-refractivity contribution in [3.05, 3.63) is 82.5 Å². The summed E-state index contributed by atoms with van der Waals surface area (Å²) >= 11 is 24.8. The van der Waals surface area contributed by atoms with Gasteiger partial charge in [-0.25, -0.2) is 0 Å². The van der Waals surface area contributed by atoms with Gasteiger partial charge in [0.05, 0.1) is 16.6 Å². The number of carbonyl (C=O) groups excluding carboxylic acids is 1. The molecule has 0 bridgehead atoms. The van der Waals surface area contributed by atoms with Gasteiger partial charge in [0.25, 0.3) is 5.91 Å². The first-order valence-electron chi connectivity index (χ1n) is 12.9. The van der Waals surface area contributed by atoms with Crippen LogP contribution in [0.4, 0.5) is 11.4 Å². The molecule has 1 aliphatic heterocycles. The fraction of sp³-hybridized carbons (Fsp3) is 0.276. The highest BCUT2D eigenvalue weighted by atomic mass is 35.5. The van der Waals surface area contributed by atoms with Gasteiger partial charge in [-0.3, -0.25) is 9.78 Å². The molecule has 1 aliphatic rings. The lowest BCUT2D eigenvalue weighted by molar-refractivity contribution is -0.117. The summed E-state index contributed by atoms with van der Waals surface area (Å²) in [5.41, 5.74) is 4.18. The summed E-state index contributed by atoms with van der Waals surface area (Å²) < 4.78 is 5.57. The largest absolute Gasteiger partial charge is 0.369 e. The Morgan fingerprint density at radius 1 is 0.975 bits per heavy atom. The normalized spacial score (nSPS) is 14.1. The molecule has 7 nitrogen and oxygen atoms in total. The zero-order chi connectivity index (χ0) is 28.2. The van der Waals surface area contributed by atoms with Crippen LogP contribution in [-0.2, 0) is 11.3 Å². The van der Waals surface area contributed by atoms with Crippen molar-refractivity contribution in [3.8, 4) is 22.7 Å². The molecule has 0 spiro atoms. The summed E-state index contributed by atoms with van der Waals surface area (Å²) in [4.78, 5) is 22.6. The first kappa shape index (κ1) is 28.7. The molecule has 0 atom stereocenters. The quantitative estimate of drug-likeness (QED) is 0.195. The summed E-state index contributed by atoms with van der Waals surface area (Å²) in [5, 5.41) is 5.04. The second-order valence-corrected chi connectivity index (χ2v) is 11.3. The maximum absolute atomic E-state index is 13.1. The zero-order valence-electron chi connectivity index (χ0n) is 21.7. The smallest absolute Gasteiger partial charge is 0.260 e. The Morgan fingerprint density at radius 3 is 2.33 bits per heavy atom. The van der Waals surface area contributed by atoms with Crippen molar-refractivity contribution in [1.29, 1.82) is 0 Å². The number of benzene rings is 2. The molecule has 208 valence electrons. The minimum atomic E-state index is -1.23. The van der Waals surface area contributed by atoms with Crippen LogP contribution in [0, 0.1) is 0 Å². The lowest BCUT2D eigenvalue weighted by Gasteiger charge is -2.35. The molecule has 4 aromatic rings. The Labute approximate surface area is 253 Å². The molecule has 1 amide bonds. The third kappa shape index (κ3) is 6.40. The van der Waals surface area contributed by atoms with E-state index in [2.05, 4.69) is 39.0 Å². The van der Waals surface area contributed by atoms with E-state index in [1.165, 1.54) is 4.90 Å². The van der Waals surface area contributed by atoms with Gasteiger partial charge in [-0.1, -0.05) is 76.7 Å². The van der Waals surface area contributed by atoms with E-state index in [0.717, 1.165) is 44.0 Å². The topological polar surface area (TPSA) is 65.7 Å². The molecule has 5 rings (SSSR count). The third-order valence-corrected chi connectivity index (χ3v) is 7.95. The minimum Gasteiger partial charge on any atom is -0.369 e. The van der Waals surface area contributed by atoms with Crippen LogP contribution in [0.3, 0.4) is 0 Å². The van der Waals surface area contributed by atoms with Crippen molar-refractivity contribution in [2.24, 2.45) is 0 Å². The highest BCUT2D eigenvalue weighted by molar-refractivity contribution is 6.54. The molecule has 0 unspecified atom stereocenters. The van der Waals surface area contributed by atoms with Gasteiger partial charge in [-0.2, -0.15) is 0 Å². The van der Waals surface area contributed by atoms with Gasteiger partial charge in [0.15, 0.2) is 10.6 Å². The lowest BCUT2D eigenvalue weighted by Crippen LogP contribution is -2.46. The lowest BCUT2D eigenvalue weighted by atomic mass is 10.1. The molecule has 0 aliphatic carbocycles. The molecule has 3 heterocycles. The van der Waals surface area contributed by atoms with E-state index in [1.54, 1.807) is 42.6 Å². The van der Waals surface area contributed by atoms with Crippen molar-refractivity contribution in [1.82, 2.24) is 15.0 Å². The number of piperazine rings is 1. The van der Waals surface area contributed by atoms with E-state index in [1.807, 2.05) is 12.1 Å². The van der Waals surface area contributed by atoms with Crippen LogP contribution in [-0.4, -0.2) is 58.5 Å². The van der Waals surface area contributed by atoms with Crippen LogP contribution < -0.4 is 9.80 Å². The molecule has 2 aromatic carbocycles.